The molecule has 3 heteroatoms. The van der Waals surface area contributed by atoms with Crippen molar-refractivity contribution in [1.29, 1.82) is 0 Å². The van der Waals surface area contributed by atoms with Crippen molar-refractivity contribution in [2.24, 2.45) is 5.41 Å². The van der Waals surface area contributed by atoms with Gasteiger partial charge in [0.25, 0.3) is 0 Å². The van der Waals surface area contributed by atoms with Gasteiger partial charge in [-0.05, 0) is 43.6 Å². The van der Waals surface area contributed by atoms with Gasteiger partial charge in [0.2, 0.25) is 0 Å². The van der Waals surface area contributed by atoms with E-state index in [9.17, 15) is 5.11 Å². The van der Waals surface area contributed by atoms with Crippen molar-refractivity contribution in [2.75, 3.05) is 14.2 Å². The summed E-state index contributed by atoms with van der Waals surface area (Å²) >= 11 is 0. The molecule has 0 bridgehead atoms. The van der Waals surface area contributed by atoms with Gasteiger partial charge in [0.05, 0.1) is 5.60 Å². The lowest BCUT2D eigenvalue weighted by atomic mass is 9.69. The van der Waals surface area contributed by atoms with Crippen LogP contribution in [0.15, 0.2) is 24.3 Å². The SMILES string of the molecule is COC(C)(OC)c1ccc(C2(O)CCC(C)(C)CC2)cc1. The summed E-state index contributed by atoms with van der Waals surface area (Å²) in [5, 5.41) is 10.9. The summed E-state index contributed by atoms with van der Waals surface area (Å²) < 4.78 is 10.9. The average molecular weight is 292 g/mol. The quantitative estimate of drug-likeness (QED) is 0.854. The molecule has 0 spiro atoms. The molecule has 0 atom stereocenters. The lowest BCUT2D eigenvalue weighted by Crippen LogP contribution is -2.34. The van der Waals surface area contributed by atoms with Crippen LogP contribution in [-0.4, -0.2) is 19.3 Å². The molecule has 3 nitrogen and oxygen atoms in total. The molecule has 0 aromatic heterocycles. The molecule has 0 aliphatic heterocycles. The summed E-state index contributed by atoms with van der Waals surface area (Å²) in [6.07, 6.45) is 3.76. The van der Waals surface area contributed by atoms with E-state index in [2.05, 4.69) is 13.8 Å². The number of hydrogen-bond acceptors (Lipinski definition) is 3. The molecule has 1 aliphatic carbocycles. The van der Waals surface area contributed by atoms with E-state index in [0.717, 1.165) is 36.8 Å². The molecule has 0 heterocycles. The third-order valence-corrected chi connectivity index (χ3v) is 5.16. The summed E-state index contributed by atoms with van der Waals surface area (Å²) in [4.78, 5) is 0. The largest absolute Gasteiger partial charge is 0.385 e. The highest BCUT2D eigenvalue weighted by Gasteiger charge is 2.38. The minimum Gasteiger partial charge on any atom is -0.385 e. The van der Waals surface area contributed by atoms with Crippen LogP contribution in [0, 0.1) is 5.41 Å². The fourth-order valence-electron chi connectivity index (χ4n) is 3.03. The number of aliphatic hydroxyl groups is 1. The Bertz CT molecular complexity index is 462. The first kappa shape index (κ1) is 16.5. The van der Waals surface area contributed by atoms with Crippen molar-refractivity contribution >= 4 is 0 Å². The van der Waals surface area contributed by atoms with Gasteiger partial charge in [0, 0.05) is 19.8 Å². The standard InChI is InChI=1S/C18H28O3/c1-16(2)10-12-18(19,13-11-16)15-8-6-14(7-9-15)17(3,20-4)21-5/h6-9,19H,10-13H2,1-5H3. The Kier molecular flexibility index (Phi) is 4.48. The van der Waals surface area contributed by atoms with Crippen LogP contribution in [0.2, 0.25) is 0 Å². The van der Waals surface area contributed by atoms with Gasteiger partial charge in [0.1, 0.15) is 0 Å². The van der Waals surface area contributed by atoms with Gasteiger partial charge in [-0.2, -0.15) is 0 Å². The lowest BCUT2D eigenvalue weighted by molar-refractivity contribution is -0.201. The van der Waals surface area contributed by atoms with E-state index < -0.39 is 11.4 Å². The first-order valence-electron chi connectivity index (χ1n) is 7.68. The summed E-state index contributed by atoms with van der Waals surface area (Å²) in [5.74, 6) is -0.740. The Morgan fingerprint density at radius 2 is 1.43 bits per heavy atom. The summed E-state index contributed by atoms with van der Waals surface area (Å²) in [7, 11) is 3.27. The van der Waals surface area contributed by atoms with Gasteiger partial charge < -0.3 is 14.6 Å². The van der Waals surface area contributed by atoms with Crippen molar-refractivity contribution in [2.45, 2.75) is 57.8 Å². The molecule has 1 N–H and O–H groups in total. The maximum absolute atomic E-state index is 10.9. The van der Waals surface area contributed by atoms with E-state index in [1.165, 1.54) is 0 Å². The molecule has 0 unspecified atom stereocenters. The van der Waals surface area contributed by atoms with Crippen molar-refractivity contribution in [3.05, 3.63) is 35.4 Å². The fraction of sp³-hybridized carbons (Fsp3) is 0.667. The molecule has 1 aliphatic rings. The maximum Gasteiger partial charge on any atom is 0.191 e. The summed E-state index contributed by atoms with van der Waals surface area (Å²) in [6.45, 7) is 6.44. The molecule has 0 amide bonds. The molecular formula is C18H28O3. The monoisotopic (exact) mass is 292 g/mol. The third-order valence-electron chi connectivity index (χ3n) is 5.16. The number of ether oxygens (including phenoxy) is 2. The van der Waals surface area contributed by atoms with Crippen molar-refractivity contribution in [3.8, 4) is 0 Å². The second kappa shape index (κ2) is 5.71. The predicted octanol–water partition coefficient (Wildman–Crippen LogP) is 3.94. The predicted molar refractivity (Wildman–Crippen MR) is 84.0 cm³/mol. The first-order valence-corrected chi connectivity index (χ1v) is 7.68. The van der Waals surface area contributed by atoms with Gasteiger partial charge in [0.15, 0.2) is 5.79 Å². The van der Waals surface area contributed by atoms with Gasteiger partial charge >= 0.3 is 0 Å². The summed E-state index contributed by atoms with van der Waals surface area (Å²) in [6, 6.07) is 7.98. The smallest absolute Gasteiger partial charge is 0.191 e. The molecule has 1 aromatic rings. The Balaban J connectivity index is 2.20. The van der Waals surface area contributed by atoms with Crippen LogP contribution in [0.25, 0.3) is 0 Å². The molecule has 1 aromatic carbocycles. The van der Waals surface area contributed by atoms with Gasteiger partial charge in [-0.3, -0.25) is 0 Å². The highest BCUT2D eigenvalue weighted by atomic mass is 16.7. The number of rotatable bonds is 4. The Morgan fingerprint density at radius 3 is 1.86 bits per heavy atom. The van der Waals surface area contributed by atoms with E-state index in [1.807, 2.05) is 31.2 Å². The molecule has 1 fully saturated rings. The Labute approximate surface area is 128 Å². The lowest BCUT2D eigenvalue weighted by Gasteiger charge is -2.40. The van der Waals surface area contributed by atoms with E-state index >= 15 is 0 Å². The van der Waals surface area contributed by atoms with Gasteiger partial charge in [-0.1, -0.05) is 38.1 Å². The van der Waals surface area contributed by atoms with Crippen molar-refractivity contribution < 1.29 is 14.6 Å². The molecule has 21 heavy (non-hydrogen) atoms. The topological polar surface area (TPSA) is 38.7 Å². The highest BCUT2D eigenvalue weighted by molar-refractivity contribution is 5.30. The van der Waals surface area contributed by atoms with Crippen molar-refractivity contribution in [3.63, 3.8) is 0 Å². The number of methoxy groups -OCH3 is 2. The average Bonchev–Trinajstić information content (AvgIpc) is 2.50. The van der Waals surface area contributed by atoms with E-state index in [4.69, 9.17) is 9.47 Å². The molecule has 0 saturated heterocycles. The van der Waals surface area contributed by atoms with Crippen LogP contribution in [0.1, 0.15) is 57.6 Å². The van der Waals surface area contributed by atoms with Gasteiger partial charge in [-0.15, -0.1) is 0 Å². The second-order valence-electron chi connectivity index (χ2n) is 7.13. The fourth-order valence-corrected chi connectivity index (χ4v) is 3.03. The number of hydrogen-bond donors (Lipinski definition) is 1. The van der Waals surface area contributed by atoms with Crippen LogP contribution >= 0.6 is 0 Å². The van der Waals surface area contributed by atoms with Crippen LogP contribution < -0.4 is 0 Å². The van der Waals surface area contributed by atoms with E-state index in [-0.39, 0.29) is 0 Å². The van der Waals surface area contributed by atoms with E-state index in [1.54, 1.807) is 14.2 Å². The zero-order chi connectivity index (χ0) is 15.7. The van der Waals surface area contributed by atoms with Crippen LogP contribution in [0.3, 0.4) is 0 Å². The van der Waals surface area contributed by atoms with Crippen LogP contribution in [0.5, 0.6) is 0 Å². The third kappa shape index (κ3) is 3.31. The summed E-state index contributed by atoms with van der Waals surface area (Å²) in [5.41, 5.74) is 1.61. The highest BCUT2D eigenvalue weighted by Crippen LogP contribution is 2.45. The number of benzene rings is 1. The normalized spacial score (nSPS) is 21.2. The molecular weight excluding hydrogens is 264 g/mol. The minimum atomic E-state index is -0.740. The zero-order valence-electron chi connectivity index (χ0n) is 13.9. The van der Waals surface area contributed by atoms with Gasteiger partial charge in [-0.25, -0.2) is 0 Å². The van der Waals surface area contributed by atoms with E-state index in [0.29, 0.717) is 5.41 Å². The van der Waals surface area contributed by atoms with Crippen LogP contribution in [-0.2, 0) is 20.9 Å². The second-order valence-corrected chi connectivity index (χ2v) is 7.13. The Hall–Kier alpha value is -0.900. The molecule has 118 valence electrons. The first-order chi connectivity index (χ1) is 9.75. The molecule has 1 saturated carbocycles. The zero-order valence-corrected chi connectivity index (χ0v) is 13.9. The maximum atomic E-state index is 10.9. The molecule has 2 rings (SSSR count). The van der Waals surface area contributed by atoms with Crippen LogP contribution in [0.4, 0.5) is 0 Å². The Morgan fingerprint density at radius 1 is 0.952 bits per heavy atom. The molecule has 0 radical (unpaired) electrons. The van der Waals surface area contributed by atoms with Crippen molar-refractivity contribution in [1.82, 2.24) is 0 Å². The minimum absolute atomic E-state index is 0.344.